The van der Waals surface area contributed by atoms with E-state index in [-0.39, 0.29) is 18.2 Å². The van der Waals surface area contributed by atoms with Crippen molar-refractivity contribution in [2.75, 3.05) is 18.6 Å². The van der Waals surface area contributed by atoms with Crippen molar-refractivity contribution in [2.24, 2.45) is 0 Å². The van der Waals surface area contributed by atoms with Crippen LogP contribution in [-0.4, -0.2) is 56.5 Å². The molecular formula is C22H21N7O3. The van der Waals surface area contributed by atoms with Crippen LogP contribution in [0.25, 0.3) is 11.0 Å². The zero-order chi connectivity index (χ0) is 22.2. The SMILES string of the molecule is Cc1nc2cc3c(cc2[nH]1)OC[C@H](NC(=O)c1cn(Cc2ccccc2)nn1)C(=O)N3C. The lowest BCUT2D eigenvalue weighted by Crippen LogP contribution is -2.49. The fourth-order valence-corrected chi connectivity index (χ4v) is 3.71. The van der Waals surface area contributed by atoms with Crippen LogP contribution in [0.5, 0.6) is 5.75 Å². The Labute approximate surface area is 183 Å². The van der Waals surface area contributed by atoms with Crippen LogP contribution in [-0.2, 0) is 11.3 Å². The summed E-state index contributed by atoms with van der Waals surface area (Å²) in [7, 11) is 1.65. The lowest BCUT2D eigenvalue weighted by Gasteiger charge is -2.20. The first-order valence-electron chi connectivity index (χ1n) is 10.1. The molecular weight excluding hydrogens is 410 g/mol. The standard InChI is InChI=1S/C22H21N7O3/c1-13-23-15-8-19-20(9-16(15)24-13)32-12-18(22(31)28(19)2)25-21(30)17-11-29(27-26-17)10-14-6-4-3-5-7-14/h3-9,11,18H,10,12H2,1-2H3,(H,23,24)(H,25,30)/t18-/m0/s1. The summed E-state index contributed by atoms with van der Waals surface area (Å²) in [4.78, 5) is 34.8. The number of imidazole rings is 1. The molecule has 2 aromatic heterocycles. The molecule has 0 saturated carbocycles. The van der Waals surface area contributed by atoms with Crippen molar-refractivity contribution in [3.63, 3.8) is 0 Å². The van der Waals surface area contributed by atoms with Gasteiger partial charge in [0.25, 0.3) is 11.8 Å². The van der Waals surface area contributed by atoms with E-state index in [1.807, 2.05) is 43.3 Å². The first-order chi connectivity index (χ1) is 15.5. The van der Waals surface area contributed by atoms with Crippen LogP contribution in [0, 0.1) is 6.92 Å². The van der Waals surface area contributed by atoms with Crippen molar-refractivity contribution in [1.29, 1.82) is 0 Å². The second kappa shape index (κ2) is 7.80. The van der Waals surface area contributed by atoms with Crippen molar-refractivity contribution in [2.45, 2.75) is 19.5 Å². The van der Waals surface area contributed by atoms with Crippen LogP contribution in [0.1, 0.15) is 21.9 Å². The summed E-state index contributed by atoms with van der Waals surface area (Å²) in [6.45, 7) is 2.35. The molecule has 10 nitrogen and oxygen atoms in total. The number of benzene rings is 2. The molecule has 3 heterocycles. The number of nitrogens with zero attached hydrogens (tertiary/aromatic N) is 5. The molecule has 0 fully saturated rings. The van der Waals surface area contributed by atoms with Gasteiger partial charge in [-0.15, -0.1) is 5.10 Å². The number of hydrogen-bond donors (Lipinski definition) is 2. The Bertz CT molecular complexity index is 1310. The molecule has 2 N–H and O–H groups in total. The first kappa shape index (κ1) is 19.7. The Morgan fingerprint density at radius 3 is 2.91 bits per heavy atom. The predicted molar refractivity (Wildman–Crippen MR) is 117 cm³/mol. The topological polar surface area (TPSA) is 118 Å². The average molecular weight is 431 g/mol. The zero-order valence-corrected chi connectivity index (χ0v) is 17.6. The predicted octanol–water partition coefficient (Wildman–Crippen LogP) is 1.66. The molecule has 162 valence electrons. The van der Waals surface area contributed by atoms with E-state index in [2.05, 4.69) is 25.6 Å². The van der Waals surface area contributed by atoms with Crippen LogP contribution in [0.4, 0.5) is 5.69 Å². The van der Waals surface area contributed by atoms with Gasteiger partial charge < -0.3 is 19.9 Å². The van der Waals surface area contributed by atoms with Gasteiger partial charge in [0.2, 0.25) is 0 Å². The molecule has 0 unspecified atom stereocenters. The van der Waals surface area contributed by atoms with E-state index in [4.69, 9.17) is 4.74 Å². The molecule has 2 aromatic carbocycles. The molecule has 32 heavy (non-hydrogen) atoms. The van der Waals surface area contributed by atoms with Gasteiger partial charge in [0.15, 0.2) is 5.69 Å². The van der Waals surface area contributed by atoms with Crippen LogP contribution < -0.4 is 15.0 Å². The summed E-state index contributed by atoms with van der Waals surface area (Å²) < 4.78 is 7.45. The van der Waals surface area contributed by atoms with Crippen LogP contribution >= 0.6 is 0 Å². The Balaban J connectivity index is 1.31. The normalized spacial score (nSPS) is 15.9. The Kier molecular flexibility index (Phi) is 4.81. The summed E-state index contributed by atoms with van der Waals surface area (Å²) in [5.41, 5.74) is 3.32. The molecule has 0 radical (unpaired) electrons. The molecule has 0 aliphatic carbocycles. The van der Waals surface area contributed by atoms with E-state index in [9.17, 15) is 9.59 Å². The van der Waals surface area contributed by atoms with Gasteiger partial charge >= 0.3 is 0 Å². The highest BCUT2D eigenvalue weighted by Crippen LogP contribution is 2.34. The zero-order valence-electron chi connectivity index (χ0n) is 17.6. The largest absolute Gasteiger partial charge is 0.489 e. The summed E-state index contributed by atoms with van der Waals surface area (Å²) in [6.07, 6.45) is 1.55. The van der Waals surface area contributed by atoms with Gasteiger partial charge in [0.1, 0.15) is 24.2 Å². The molecule has 2 amide bonds. The second-order valence-corrected chi connectivity index (χ2v) is 7.68. The number of aromatic amines is 1. The highest BCUT2D eigenvalue weighted by Gasteiger charge is 2.32. The molecule has 10 heteroatoms. The van der Waals surface area contributed by atoms with Gasteiger partial charge in [-0.25, -0.2) is 9.67 Å². The highest BCUT2D eigenvalue weighted by molar-refractivity contribution is 6.03. The molecule has 0 spiro atoms. The summed E-state index contributed by atoms with van der Waals surface area (Å²) in [6, 6.07) is 12.5. The monoisotopic (exact) mass is 431 g/mol. The number of carbonyl (C=O) groups excluding carboxylic acids is 2. The first-order valence-corrected chi connectivity index (χ1v) is 10.1. The van der Waals surface area contributed by atoms with Gasteiger partial charge in [-0.2, -0.15) is 0 Å². The van der Waals surface area contributed by atoms with Gasteiger partial charge in [0, 0.05) is 13.1 Å². The third-order valence-electron chi connectivity index (χ3n) is 5.34. The smallest absolute Gasteiger partial charge is 0.274 e. The number of hydrogen-bond acceptors (Lipinski definition) is 6. The van der Waals surface area contributed by atoms with E-state index in [1.165, 1.54) is 4.90 Å². The van der Waals surface area contributed by atoms with Crippen molar-refractivity contribution in [3.05, 3.63) is 65.7 Å². The van der Waals surface area contributed by atoms with Crippen LogP contribution in [0.2, 0.25) is 0 Å². The molecule has 1 aliphatic heterocycles. The van der Waals surface area contributed by atoms with Crippen molar-refractivity contribution < 1.29 is 14.3 Å². The van der Waals surface area contributed by atoms with E-state index in [0.717, 1.165) is 22.4 Å². The van der Waals surface area contributed by atoms with E-state index >= 15 is 0 Å². The van der Waals surface area contributed by atoms with Crippen LogP contribution in [0.15, 0.2) is 48.7 Å². The van der Waals surface area contributed by atoms with Gasteiger partial charge in [-0.1, -0.05) is 35.5 Å². The van der Waals surface area contributed by atoms with Gasteiger partial charge in [-0.3, -0.25) is 9.59 Å². The molecule has 1 atom stereocenters. The second-order valence-electron chi connectivity index (χ2n) is 7.68. The number of nitrogens with one attached hydrogen (secondary N) is 2. The molecule has 5 rings (SSSR count). The Hall–Kier alpha value is -4.21. The highest BCUT2D eigenvalue weighted by atomic mass is 16.5. The summed E-state index contributed by atoms with van der Waals surface area (Å²) >= 11 is 0. The molecule has 0 saturated heterocycles. The minimum absolute atomic E-state index is 0.00130. The fraction of sp³-hybridized carbons (Fsp3) is 0.227. The number of aromatic nitrogens is 5. The lowest BCUT2D eigenvalue weighted by atomic mass is 10.2. The minimum Gasteiger partial charge on any atom is -0.489 e. The summed E-state index contributed by atoms with van der Waals surface area (Å²) in [5, 5.41) is 10.7. The number of aryl methyl sites for hydroxylation is 1. The number of amides is 2. The third-order valence-corrected chi connectivity index (χ3v) is 5.34. The Morgan fingerprint density at radius 1 is 1.28 bits per heavy atom. The maximum absolute atomic E-state index is 13.0. The van der Waals surface area contributed by atoms with E-state index < -0.39 is 11.9 Å². The average Bonchev–Trinajstić information content (AvgIpc) is 3.38. The van der Waals surface area contributed by atoms with Gasteiger partial charge in [0.05, 0.1) is 29.5 Å². The van der Waals surface area contributed by atoms with Crippen molar-refractivity contribution in [3.8, 4) is 5.75 Å². The third kappa shape index (κ3) is 3.66. The number of carbonyl (C=O) groups is 2. The number of anilines is 1. The summed E-state index contributed by atoms with van der Waals surface area (Å²) in [5.74, 6) is 0.539. The molecule has 4 aromatic rings. The maximum atomic E-state index is 13.0. The van der Waals surface area contributed by atoms with Crippen LogP contribution in [0.3, 0.4) is 0 Å². The number of rotatable bonds is 4. The van der Waals surface area contributed by atoms with Crippen molar-refractivity contribution in [1.82, 2.24) is 30.3 Å². The number of likely N-dealkylation sites (N-methyl/N-ethyl adjacent to an activating group) is 1. The van der Waals surface area contributed by atoms with E-state index in [1.54, 1.807) is 24.0 Å². The Morgan fingerprint density at radius 2 is 2.09 bits per heavy atom. The van der Waals surface area contributed by atoms with Crippen molar-refractivity contribution >= 4 is 28.5 Å². The quantitative estimate of drug-likeness (QED) is 0.507. The lowest BCUT2D eigenvalue weighted by molar-refractivity contribution is -0.120. The number of fused-ring (bicyclic) bond motifs is 2. The molecule has 0 bridgehead atoms. The van der Waals surface area contributed by atoms with E-state index in [0.29, 0.717) is 18.0 Å². The molecule has 1 aliphatic rings. The fourth-order valence-electron chi connectivity index (χ4n) is 3.71. The minimum atomic E-state index is -0.868. The number of ether oxygens (including phenoxy) is 1. The maximum Gasteiger partial charge on any atom is 0.274 e. The number of H-pyrrole nitrogens is 1. The van der Waals surface area contributed by atoms with Gasteiger partial charge in [-0.05, 0) is 18.6 Å².